The number of rotatable bonds is 5. The lowest BCUT2D eigenvalue weighted by molar-refractivity contribution is -0.0508. The van der Waals surface area contributed by atoms with Crippen molar-refractivity contribution in [3.05, 3.63) is 76.0 Å². The number of hydrogen-bond donors (Lipinski definition) is 1. The van der Waals surface area contributed by atoms with Gasteiger partial charge in [0.1, 0.15) is 11.6 Å². The molecule has 1 aliphatic heterocycles. The van der Waals surface area contributed by atoms with E-state index in [0.29, 0.717) is 43.0 Å². The topological polar surface area (TPSA) is 71.1 Å². The van der Waals surface area contributed by atoms with Crippen LogP contribution in [0.1, 0.15) is 16.8 Å². The van der Waals surface area contributed by atoms with Crippen LogP contribution in [-0.4, -0.2) is 33.0 Å². The Morgan fingerprint density at radius 1 is 1.21 bits per heavy atom. The van der Waals surface area contributed by atoms with Crippen LogP contribution in [0.5, 0.6) is 5.75 Å². The minimum atomic E-state index is -2.87. The van der Waals surface area contributed by atoms with Crippen LogP contribution in [0, 0.1) is 0 Å². The molecule has 1 aliphatic rings. The van der Waals surface area contributed by atoms with Crippen LogP contribution in [0.15, 0.2) is 53.6 Å². The van der Waals surface area contributed by atoms with Crippen molar-refractivity contribution >= 4 is 0 Å². The molecule has 0 radical (unpaired) electrons. The molecule has 3 heterocycles. The molecule has 0 saturated heterocycles. The maximum absolute atomic E-state index is 12.6. The number of aromatic nitrogens is 3. The summed E-state index contributed by atoms with van der Waals surface area (Å²) >= 11 is 0. The molecule has 0 bridgehead atoms. The molecule has 4 rings (SSSR count). The van der Waals surface area contributed by atoms with Crippen LogP contribution >= 0.6 is 0 Å². The molecule has 6 nitrogen and oxygen atoms in total. The van der Waals surface area contributed by atoms with Gasteiger partial charge in [0.05, 0.1) is 11.3 Å². The Labute approximate surface area is 159 Å². The summed E-state index contributed by atoms with van der Waals surface area (Å²) in [6, 6.07) is 10.3. The SMILES string of the molecule is O=c1[nH]c(-c2cccnc2)nc2c1CN(Cc1ccccc1OC(F)F)CC2. The summed E-state index contributed by atoms with van der Waals surface area (Å²) in [6.07, 6.45) is 3.91. The van der Waals surface area contributed by atoms with Gasteiger partial charge >= 0.3 is 6.61 Å². The van der Waals surface area contributed by atoms with Gasteiger partial charge in [0.2, 0.25) is 0 Å². The Bertz CT molecular complexity index is 1020. The molecule has 3 aromatic rings. The van der Waals surface area contributed by atoms with Crippen molar-refractivity contribution in [3.8, 4) is 17.1 Å². The fourth-order valence-corrected chi connectivity index (χ4v) is 3.34. The van der Waals surface area contributed by atoms with E-state index < -0.39 is 6.61 Å². The summed E-state index contributed by atoms with van der Waals surface area (Å²) < 4.78 is 29.8. The molecule has 1 N–H and O–H groups in total. The summed E-state index contributed by atoms with van der Waals surface area (Å²) in [6.45, 7) is -1.40. The third-order valence-corrected chi connectivity index (χ3v) is 4.67. The average Bonchev–Trinajstić information content (AvgIpc) is 2.70. The molecule has 0 saturated carbocycles. The van der Waals surface area contributed by atoms with Crippen LogP contribution in [0.4, 0.5) is 8.78 Å². The highest BCUT2D eigenvalue weighted by Gasteiger charge is 2.22. The summed E-state index contributed by atoms with van der Waals surface area (Å²) in [5.74, 6) is 0.656. The predicted molar refractivity (Wildman–Crippen MR) is 99.0 cm³/mol. The molecule has 144 valence electrons. The van der Waals surface area contributed by atoms with E-state index in [-0.39, 0.29) is 11.3 Å². The highest BCUT2D eigenvalue weighted by molar-refractivity contribution is 5.53. The van der Waals surface area contributed by atoms with E-state index in [4.69, 9.17) is 0 Å². The van der Waals surface area contributed by atoms with Gasteiger partial charge in [0.15, 0.2) is 0 Å². The smallest absolute Gasteiger partial charge is 0.387 e. The van der Waals surface area contributed by atoms with Gasteiger partial charge in [-0.25, -0.2) is 4.98 Å². The van der Waals surface area contributed by atoms with Crippen molar-refractivity contribution in [2.75, 3.05) is 6.54 Å². The maximum Gasteiger partial charge on any atom is 0.387 e. The van der Waals surface area contributed by atoms with Gasteiger partial charge in [-0.2, -0.15) is 8.78 Å². The Morgan fingerprint density at radius 2 is 2.07 bits per heavy atom. The van der Waals surface area contributed by atoms with E-state index in [2.05, 4.69) is 19.7 Å². The molecule has 0 atom stereocenters. The van der Waals surface area contributed by atoms with Gasteiger partial charge in [-0.15, -0.1) is 0 Å². The van der Waals surface area contributed by atoms with E-state index in [1.165, 1.54) is 6.07 Å². The van der Waals surface area contributed by atoms with Crippen LogP contribution in [0.2, 0.25) is 0 Å². The fraction of sp³-hybridized carbons (Fsp3) is 0.250. The van der Waals surface area contributed by atoms with Gasteiger partial charge in [-0.3, -0.25) is 14.7 Å². The third kappa shape index (κ3) is 3.91. The zero-order valence-corrected chi connectivity index (χ0v) is 14.9. The highest BCUT2D eigenvalue weighted by atomic mass is 19.3. The molecule has 2 aromatic heterocycles. The summed E-state index contributed by atoms with van der Waals surface area (Å²) in [5.41, 5.74) is 2.58. The molecule has 28 heavy (non-hydrogen) atoms. The number of ether oxygens (including phenoxy) is 1. The lowest BCUT2D eigenvalue weighted by Crippen LogP contribution is -2.35. The van der Waals surface area contributed by atoms with Crippen LogP contribution in [-0.2, 0) is 19.5 Å². The number of alkyl halides is 2. The van der Waals surface area contributed by atoms with Crippen LogP contribution in [0.3, 0.4) is 0 Å². The van der Waals surface area contributed by atoms with Crippen LogP contribution < -0.4 is 10.3 Å². The third-order valence-electron chi connectivity index (χ3n) is 4.67. The minimum absolute atomic E-state index is 0.155. The zero-order chi connectivity index (χ0) is 19.5. The highest BCUT2D eigenvalue weighted by Crippen LogP contribution is 2.24. The first-order chi connectivity index (χ1) is 13.6. The fourth-order valence-electron chi connectivity index (χ4n) is 3.34. The summed E-state index contributed by atoms with van der Waals surface area (Å²) in [4.78, 5) is 26.1. The maximum atomic E-state index is 12.6. The Morgan fingerprint density at radius 3 is 2.86 bits per heavy atom. The quantitative estimate of drug-likeness (QED) is 0.732. The minimum Gasteiger partial charge on any atom is -0.434 e. The van der Waals surface area contributed by atoms with Gasteiger partial charge in [-0.1, -0.05) is 18.2 Å². The Hall–Kier alpha value is -3.13. The van der Waals surface area contributed by atoms with Crippen molar-refractivity contribution in [1.29, 1.82) is 0 Å². The molecule has 0 unspecified atom stereocenters. The molecule has 0 spiro atoms. The second-order valence-electron chi connectivity index (χ2n) is 6.53. The van der Waals surface area contributed by atoms with Crippen molar-refractivity contribution in [3.63, 3.8) is 0 Å². The Balaban J connectivity index is 1.56. The summed E-state index contributed by atoms with van der Waals surface area (Å²) in [5, 5.41) is 0. The van der Waals surface area contributed by atoms with Gasteiger partial charge in [0, 0.05) is 49.6 Å². The number of nitrogens with zero attached hydrogens (tertiary/aromatic N) is 3. The van der Waals surface area contributed by atoms with Gasteiger partial charge in [0.25, 0.3) is 5.56 Å². The largest absolute Gasteiger partial charge is 0.434 e. The average molecular weight is 384 g/mol. The first kappa shape index (κ1) is 18.2. The lowest BCUT2D eigenvalue weighted by Gasteiger charge is -2.28. The van der Waals surface area contributed by atoms with E-state index in [1.54, 1.807) is 36.7 Å². The monoisotopic (exact) mass is 384 g/mol. The first-order valence-corrected chi connectivity index (χ1v) is 8.87. The molecule has 0 amide bonds. The summed E-state index contributed by atoms with van der Waals surface area (Å²) in [7, 11) is 0. The number of hydrogen-bond acceptors (Lipinski definition) is 5. The van der Waals surface area contributed by atoms with Crippen molar-refractivity contribution < 1.29 is 13.5 Å². The van der Waals surface area contributed by atoms with Gasteiger partial charge < -0.3 is 9.72 Å². The van der Waals surface area contributed by atoms with Crippen molar-refractivity contribution in [2.24, 2.45) is 0 Å². The number of H-pyrrole nitrogens is 1. The lowest BCUT2D eigenvalue weighted by atomic mass is 10.1. The number of pyridine rings is 1. The molecule has 1 aromatic carbocycles. The molecular formula is C20H18F2N4O2. The molecule has 8 heteroatoms. The first-order valence-electron chi connectivity index (χ1n) is 8.87. The molecular weight excluding hydrogens is 366 g/mol. The van der Waals surface area contributed by atoms with E-state index in [9.17, 15) is 13.6 Å². The second-order valence-corrected chi connectivity index (χ2v) is 6.53. The molecule has 0 fully saturated rings. The van der Waals surface area contributed by atoms with E-state index in [0.717, 1.165) is 11.3 Å². The van der Waals surface area contributed by atoms with Crippen LogP contribution in [0.25, 0.3) is 11.4 Å². The standard InChI is InChI=1S/C20H18F2N4O2/c21-20(22)28-17-6-2-1-4-14(17)11-26-9-7-16-15(12-26)19(27)25-18(24-16)13-5-3-8-23-10-13/h1-6,8,10,20H,7,9,11-12H2,(H,24,25,27). The van der Waals surface area contributed by atoms with Crippen molar-refractivity contribution in [1.82, 2.24) is 19.9 Å². The number of aromatic amines is 1. The number of nitrogens with one attached hydrogen (secondary N) is 1. The normalized spacial score (nSPS) is 14.1. The van der Waals surface area contributed by atoms with E-state index >= 15 is 0 Å². The number of fused-ring (bicyclic) bond motifs is 1. The number of para-hydroxylation sites is 1. The number of halogens is 2. The van der Waals surface area contributed by atoms with E-state index in [1.807, 2.05) is 11.0 Å². The zero-order valence-electron chi connectivity index (χ0n) is 14.9. The molecule has 0 aliphatic carbocycles. The number of benzene rings is 1. The van der Waals surface area contributed by atoms with Crippen molar-refractivity contribution in [2.45, 2.75) is 26.1 Å². The van der Waals surface area contributed by atoms with Gasteiger partial charge in [-0.05, 0) is 18.2 Å². The Kier molecular flexibility index (Phi) is 5.12. The predicted octanol–water partition coefficient (Wildman–Crippen LogP) is 2.99. The second kappa shape index (κ2) is 7.85.